The highest BCUT2D eigenvalue weighted by Crippen LogP contribution is 2.38. The van der Waals surface area contributed by atoms with Gasteiger partial charge < -0.3 is 15.0 Å². The smallest absolute Gasteiger partial charge is 0.319 e. The lowest BCUT2D eigenvalue weighted by Crippen LogP contribution is -2.41. The van der Waals surface area contributed by atoms with Gasteiger partial charge in [-0.3, -0.25) is 9.89 Å². The molecule has 2 N–H and O–H groups in total. The van der Waals surface area contributed by atoms with E-state index in [0.29, 0.717) is 24.0 Å². The van der Waals surface area contributed by atoms with E-state index < -0.39 is 5.54 Å². The van der Waals surface area contributed by atoms with E-state index in [2.05, 4.69) is 46.4 Å². The van der Waals surface area contributed by atoms with E-state index in [-0.39, 0.29) is 29.4 Å². The number of aromatic nitrogens is 6. The number of rotatable bonds is 6. The minimum Gasteiger partial charge on any atom is -0.463 e. The van der Waals surface area contributed by atoms with Crippen molar-refractivity contribution >= 4 is 22.8 Å². The number of carbonyl (C=O) groups excluding carboxylic acids is 1. The average Bonchev–Trinajstić information content (AvgIpc) is 3.48. The van der Waals surface area contributed by atoms with Crippen LogP contribution in [-0.4, -0.2) is 61.3 Å². The maximum atomic E-state index is 12.9. The van der Waals surface area contributed by atoms with Crippen LogP contribution < -0.4 is 15.0 Å². The summed E-state index contributed by atoms with van der Waals surface area (Å²) in [6.45, 7) is 7.67. The molecule has 1 aliphatic heterocycles. The van der Waals surface area contributed by atoms with Gasteiger partial charge in [0.25, 0.3) is 5.91 Å². The molecule has 3 aromatic rings. The van der Waals surface area contributed by atoms with Crippen LogP contribution in [0.4, 0.5) is 5.82 Å². The molecule has 35 heavy (non-hydrogen) atoms. The number of piperidine rings is 1. The number of nitriles is 1. The van der Waals surface area contributed by atoms with Crippen molar-refractivity contribution in [2.45, 2.75) is 51.5 Å². The van der Waals surface area contributed by atoms with Crippen molar-refractivity contribution < 1.29 is 9.53 Å². The van der Waals surface area contributed by atoms with Crippen molar-refractivity contribution in [2.24, 2.45) is 11.8 Å². The molecule has 1 aliphatic carbocycles. The Morgan fingerprint density at radius 2 is 2.11 bits per heavy atom. The van der Waals surface area contributed by atoms with Crippen LogP contribution in [0.3, 0.4) is 0 Å². The van der Waals surface area contributed by atoms with Gasteiger partial charge in [-0.05, 0) is 40.0 Å². The first-order valence-electron chi connectivity index (χ1n) is 11.9. The minimum atomic E-state index is -0.397. The van der Waals surface area contributed by atoms with Crippen molar-refractivity contribution in [3.05, 3.63) is 30.0 Å². The van der Waals surface area contributed by atoms with Crippen LogP contribution in [-0.2, 0) is 0 Å². The Morgan fingerprint density at radius 1 is 1.31 bits per heavy atom. The highest BCUT2D eigenvalue weighted by molar-refractivity contribution is 5.93. The van der Waals surface area contributed by atoms with Gasteiger partial charge in [0.1, 0.15) is 17.8 Å². The van der Waals surface area contributed by atoms with Crippen molar-refractivity contribution in [3.8, 4) is 12.1 Å². The highest BCUT2D eigenvalue weighted by atomic mass is 16.5. The number of anilines is 1. The molecule has 3 aromatic heterocycles. The Morgan fingerprint density at radius 3 is 2.83 bits per heavy atom. The van der Waals surface area contributed by atoms with Gasteiger partial charge in [0.05, 0.1) is 24.0 Å². The standard InChI is InChI=1S/C24H29N9O2/c1-24(2,3)30-22(34)18-9-19(29-23(28-18)35-12-16-8-15(16)10-25)33-6-4-14(5-7-33)20-17-11-26-13-27-21(17)32-31-20/h9,11,13-16H,4-8,12H2,1-3H3,(H,30,34)(H,26,27,31,32)/t15?,16-/m1/s1. The van der Waals surface area contributed by atoms with Gasteiger partial charge in [0.15, 0.2) is 5.65 Å². The van der Waals surface area contributed by atoms with Crippen molar-refractivity contribution in [1.29, 1.82) is 5.26 Å². The van der Waals surface area contributed by atoms with Gasteiger partial charge in [0, 0.05) is 48.4 Å². The SMILES string of the molecule is CC(C)(C)NC(=O)c1cc(N2CCC(c3[nH]nc4ncncc34)CC2)nc(OC[C@H]2CC2C#N)n1. The van der Waals surface area contributed by atoms with Gasteiger partial charge in [-0.25, -0.2) is 9.97 Å². The zero-order chi connectivity index (χ0) is 24.6. The van der Waals surface area contributed by atoms with Gasteiger partial charge >= 0.3 is 6.01 Å². The summed E-state index contributed by atoms with van der Waals surface area (Å²) in [6, 6.07) is 4.16. The van der Waals surface area contributed by atoms with E-state index >= 15 is 0 Å². The van der Waals surface area contributed by atoms with Gasteiger partial charge in [-0.1, -0.05) is 0 Å². The van der Waals surface area contributed by atoms with Crippen LogP contribution in [0, 0.1) is 23.2 Å². The van der Waals surface area contributed by atoms with Crippen molar-refractivity contribution in [1.82, 2.24) is 35.5 Å². The Bertz CT molecular complexity index is 1270. The highest BCUT2D eigenvalue weighted by Gasteiger charge is 2.38. The number of carbonyl (C=O) groups is 1. The molecule has 4 heterocycles. The third-order valence-electron chi connectivity index (χ3n) is 6.42. The first kappa shape index (κ1) is 23.0. The first-order chi connectivity index (χ1) is 16.8. The fourth-order valence-electron chi connectivity index (χ4n) is 4.42. The first-order valence-corrected chi connectivity index (χ1v) is 11.9. The molecule has 0 bridgehead atoms. The second kappa shape index (κ2) is 9.09. The largest absolute Gasteiger partial charge is 0.463 e. The van der Waals surface area contributed by atoms with E-state index in [1.54, 1.807) is 12.3 Å². The van der Waals surface area contributed by atoms with E-state index in [9.17, 15) is 4.79 Å². The fraction of sp³-hybridized carbons (Fsp3) is 0.542. The monoisotopic (exact) mass is 475 g/mol. The number of hydrogen-bond donors (Lipinski definition) is 2. The second-order valence-electron chi connectivity index (χ2n) is 10.3. The second-order valence-corrected chi connectivity index (χ2v) is 10.3. The topological polar surface area (TPSA) is 146 Å². The molecular weight excluding hydrogens is 446 g/mol. The lowest BCUT2D eigenvalue weighted by atomic mass is 9.92. The lowest BCUT2D eigenvalue weighted by Gasteiger charge is -2.32. The summed E-state index contributed by atoms with van der Waals surface area (Å²) in [5.41, 5.74) is 1.62. The molecule has 0 radical (unpaired) electrons. The van der Waals surface area contributed by atoms with Gasteiger partial charge in [-0.15, -0.1) is 0 Å². The molecule has 182 valence electrons. The Labute approximate surface area is 203 Å². The minimum absolute atomic E-state index is 0.0323. The zero-order valence-electron chi connectivity index (χ0n) is 20.2. The van der Waals surface area contributed by atoms with Gasteiger partial charge in [-0.2, -0.15) is 20.3 Å². The summed E-state index contributed by atoms with van der Waals surface area (Å²) in [6.07, 6.45) is 5.91. The Hall–Kier alpha value is -3.81. The summed E-state index contributed by atoms with van der Waals surface area (Å²) in [4.78, 5) is 32.4. The summed E-state index contributed by atoms with van der Waals surface area (Å²) in [7, 11) is 0. The van der Waals surface area contributed by atoms with Crippen LogP contribution in [0.25, 0.3) is 11.0 Å². The van der Waals surface area contributed by atoms with Crippen molar-refractivity contribution in [3.63, 3.8) is 0 Å². The van der Waals surface area contributed by atoms with E-state index in [4.69, 9.17) is 10.00 Å². The Kier molecular flexibility index (Phi) is 5.96. The maximum Gasteiger partial charge on any atom is 0.319 e. The zero-order valence-corrected chi connectivity index (χ0v) is 20.2. The molecule has 0 aromatic carbocycles. The predicted octanol–water partition coefficient (Wildman–Crippen LogP) is 2.59. The van der Waals surface area contributed by atoms with Crippen molar-refractivity contribution in [2.75, 3.05) is 24.6 Å². The third kappa shape index (κ3) is 5.16. The number of aromatic amines is 1. The maximum absolute atomic E-state index is 12.9. The molecule has 11 heteroatoms. The summed E-state index contributed by atoms with van der Waals surface area (Å²) >= 11 is 0. The normalized spacial score (nSPS) is 20.5. The average molecular weight is 476 g/mol. The molecule has 2 atom stereocenters. The molecule has 11 nitrogen and oxygen atoms in total. The molecule has 2 aliphatic rings. The van der Waals surface area contributed by atoms with Gasteiger partial charge in [0.2, 0.25) is 0 Å². The molecule has 1 unspecified atom stereocenters. The molecule has 0 spiro atoms. The number of H-pyrrole nitrogens is 1. The Balaban J connectivity index is 1.33. The quantitative estimate of drug-likeness (QED) is 0.549. The molecule has 1 amide bonds. The molecule has 1 saturated carbocycles. The number of amides is 1. The van der Waals surface area contributed by atoms with Crippen LogP contribution in [0.5, 0.6) is 6.01 Å². The number of fused-ring (bicyclic) bond motifs is 1. The molecule has 2 fully saturated rings. The number of nitrogens with one attached hydrogen (secondary N) is 2. The number of nitrogens with zero attached hydrogens (tertiary/aromatic N) is 7. The van der Waals surface area contributed by atoms with Crippen LogP contribution in [0.1, 0.15) is 62.1 Å². The van der Waals surface area contributed by atoms with E-state index in [0.717, 1.165) is 43.4 Å². The molecule has 1 saturated heterocycles. The van der Waals surface area contributed by atoms with Crippen LogP contribution in [0.15, 0.2) is 18.6 Å². The van der Waals surface area contributed by atoms with Crippen LogP contribution >= 0.6 is 0 Å². The van der Waals surface area contributed by atoms with E-state index in [1.165, 1.54) is 6.33 Å². The summed E-state index contributed by atoms with van der Waals surface area (Å²) in [5, 5.41) is 20.4. The fourth-order valence-corrected chi connectivity index (χ4v) is 4.42. The molecular formula is C24H29N9O2. The molecule has 5 rings (SSSR count). The summed E-state index contributed by atoms with van der Waals surface area (Å²) in [5.74, 6) is 0.929. The lowest BCUT2D eigenvalue weighted by molar-refractivity contribution is 0.0912. The summed E-state index contributed by atoms with van der Waals surface area (Å²) < 4.78 is 5.84. The van der Waals surface area contributed by atoms with Crippen LogP contribution in [0.2, 0.25) is 0 Å². The van der Waals surface area contributed by atoms with E-state index in [1.807, 2.05) is 20.8 Å². The number of hydrogen-bond acceptors (Lipinski definition) is 9. The number of ether oxygens (including phenoxy) is 1. The predicted molar refractivity (Wildman–Crippen MR) is 128 cm³/mol. The third-order valence-corrected chi connectivity index (χ3v) is 6.42.